The number of aliphatic hydroxyl groups is 1. The van der Waals surface area contributed by atoms with Gasteiger partial charge in [0.25, 0.3) is 0 Å². The van der Waals surface area contributed by atoms with Gasteiger partial charge in [-0.15, -0.1) is 0 Å². The maximum atomic E-state index is 11.0. The summed E-state index contributed by atoms with van der Waals surface area (Å²) < 4.78 is 0. The van der Waals surface area contributed by atoms with Crippen LogP contribution in [0.2, 0.25) is 0 Å². The second-order valence-corrected chi connectivity index (χ2v) is 3.87. The lowest BCUT2D eigenvalue weighted by molar-refractivity contribution is -0.126. The predicted molar refractivity (Wildman–Crippen MR) is 44.5 cm³/mol. The number of amides is 1. The Morgan fingerprint density at radius 1 is 1.33 bits per heavy atom. The molecule has 0 spiro atoms. The molecule has 0 aromatic heterocycles. The van der Waals surface area contributed by atoms with Crippen molar-refractivity contribution in [2.24, 2.45) is 5.92 Å². The van der Waals surface area contributed by atoms with Crippen molar-refractivity contribution in [3.05, 3.63) is 0 Å². The van der Waals surface area contributed by atoms with E-state index in [4.69, 9.17) is 0 Å². The Bertz CT molecular complexity index is 193. The third-order valence-electron chi connectivity index (χ3n) is 3.08. The Kier molecular flexibility index (Phi) is 2.05. The first-order valence-corrected chi connectivity index (χ1v) is 4.75. The maximum absolute atomic E-state index is 11.0. The molecule has 1 saturated carbocycles. The number of carbonyl (C=O) groups excluding carboxylic acids is 1. The van der Waals surface area contributed by atoms with E-state index in [1.165, 1.54) is 0 Å². The van der Waals surface area contributed by atoms with Gasteiger partial charge in [-0.25, -0.2) is 0 Å². The minimum Gasteiger partial charge on any atom is -0.393 e. The van der Waals surface area contributed by atoms with E-state index in [0.29, 0.717) is 12.3 Å². The van der Waals surface area contributed by atoms with Gasteiger partial charge in [0, 0.05) is 18.4 Å². The van der Waals surface area contributed by atoms with Crippen molar-refractivity contribution < 1.29 is 9.90 Å². The van der Waals surface area contributed by atoms with Crippen molar-refractivity contribution in [1.82, 2.24) is 5.32 Å². The van der Waals surface area contributed by atoms with Crippen LogP contribution in [-0.2, 0) is 4.79 Å². The van der Waals surface area contributed by atoms with Gasteiger partial charge in [0.1, 0.15) is 0 Å². The lowest BCUT2D eigenvalue weighted by atomic mass is 9.77. The van der Waals surface area contributed by atoms with Crippen LogP contribution in [0.1, 0.15) is 32.1 Å². The van der Waals surface area contributed by atoms with E-state index < -0.39 is 0 Å². The predicted octanol–water partition coefficient (Wildman–Crippen LogP) is 0.426. The fourth-order valence-electron chi connectivity index (χ4n) is 2.39. The van der Waals surface area contributed by atoms with Crippen LogP contribution in [0.5, 0.6) is 0 Å². The van der Waals surface area contributed by atoms with Crippen molar-refractivity contribution in [3.8, 4) is 0 Å². The first-order chi connectivity index (χ1) is 5.77. The Morgan fingerprint density at radius 2 is 2.17 bits per heavy atom. The van der Waals surface area contributed by atoms with E-state index in [-0.39, 0.29) is 18.1 Å². The molecular weight excluding hydrogens is 154 g/mol. The van der Waals surface area contributed by atoms with Gasteiger partial charge in [0.2, 0.25) is 5.91 Å². The highest BCUT2D eigenvalue weighted by Gasteiger charge is 2.35. The minimum absolute atomic E-state index is 0.158. The Labute approximate surface area is 72.2 Å². The number of rotatable bonds is 0. The molecule has 3 heteroatoms. The molecule has 1 aliphatic heterocycles. The molecule has 1 amide bonds. The lowest BCUT2D eigenvalue weighted by Gasteiger charge is -2.39. The van der Waals surface area contributed by atoms with E-state index >= 15 is 0 Å². The fraction of sp³-hybridized carbons (Fsp3) is 0.889. The van der Waals surface area contributed by atoms with Gasteiger partial charge < -0.3 is 10.4 Å². The Morgan fingerprint density at radius 3 is 3.00 bits per heavy atom. The summed E-state index contributed by atoms with van der Waals surface area (Å²) in [5.74, 6) is 0.488. The first-order valence-electron chi connectivity index (χ1n) is 4.75. The third kappa shape index (κ3) is 1.33. The molecule has 1 unspecified atom stereocenters. The second-order valence-electron chi connectivity index (χ2n) is 3.87. The van der Waals surface area contributed by atoms with Gasteiger partial charge in [-0.05, 0) is 25.7 Å². The zero-order valence-corrected chi connectivity index (χ0v) is 7.12. The lowest BCUT2D eigenvalue weighted by Crippen LogP contribution is -2.51. The van der Waals surface area contributed by atoms with Crippen LogP contribution in [0.15, 0.2) is 0 Å². The summed E-state index contributed by atoms with van der Waals surface area (Å²) in [5.41, 5.74) is 0. The number of piperidine rings is 1. The zero-order valence-electron chi connectivity index (χ0n) is 7.12. The fourth-order valence-corrected chi connectivity index (χ4v) is 2.39. The molecule has 1 heterocycles. The summed E-state index contributed by atoms with van der Waals surface area (Å²) >= 11 is 0. The van der Waals surface area contributed by atoms with Crippen LogP contribution in [0.4, 0.5) is 0 Å². The van der Waals surface area contributed by atoms with E-state index in [0.717, 1.165) is 25.7 Å². The van der Waals surface area contributed by atoms with Gasteiger partial charge in [-0.1, -0.05) is 0 Å². The summed E-state index contributed by atoms with van der Waals surface area (Å²) in [7, 11) is 0. The van der Waals surface area contributed by atoms with Crippen LogP contribution in [-0.4, -0.2) is 23.2 Å². The van der Waals surface area contributed by atoms with Crippen LogP contribution in [0.3, 0.4) is 0 Å². The van der Waals surface area contributed by atoms with Crippen LogP contribution >= 0.6 is 0 Å². The highest BCUT2D eigenvalue weighted by molar-refractivity contribution is 5.77. The molecule has 2 aliphatic rings. The maximum Gasteiger partial charge on any atom is 0.220 e. The highest BCUT2D eigenvalue weighted by Crippen LogP contribution is 2.30. The molecule has 2 fully saturated rings. The van der Waals surface area contributed by atoms with Gasteiger partial charge in [0.15, 0.2) is 0 Å². The summed E-state index contributed by atoms with van der Waals surface area (Å²) in [5, 5.41) is 12.6. The molecule has 3 nitrogen and oxygen atoms in total. The molecule has 0 aromatic carbocycles. The largest absolute Gasteiger partial charge is 0.393 e. The molecule has 3 atom stereocenters. The van der Waals surface area contributed by atoms with Crippen molar-refractivity contribution in [2.75, 3.05) is 0 Å². The molecule has 1 aliphatic carbocycles. The summed E-state index contributed by atoms with van der Waals surface area (Å²) in [6, 6.07) is 0.259. The molecule has 2 N–H and O–H groups in total. The minimum atomic E-state index is -0.177. The summed E-state index contributed by atoms with van der Waals surface area (Å²) in [6.07, 6.45) is 4.30. The molecular formula is C9H15NO2. The van der Waals surface area contributed by atoms with Gasteiger partial charge in [0.05, 0.1) is 6.10 Å². The van der Waals surface area contributed by atoms with Crippen molar-refractivity contribution in [3.63, 3.8) is 0 Å². The molecule has 12 heavy (non-hydrogen) atoms. The van der Waals surface area contributed by atoms with E-state index in [2.05, 4.69) is 5.32 Å². The average molecular weight is 169 g/mol. The number of hydrogen-bond donors (Lipinski definition) is 2. The molecule has 1 saturated heterocycles. The van der Waals surface area contributed by atoms with Crippen molar-refractivity contribution in [1.29, 1.82) is 0 Å². The van der Waals surface area contributed by atoms with Crippen LogP contribution in [0, 0.1) is 5.92 Å². The SMILES string of the molecule is O=C1CC[C@H]2C(O)CCC[C@H]2N1. The number of nitrogens with one attached hydrogen (secondary N) is 1. The normalized spacial score (nSPS) is 41.8. The molecule has 2 rings (SSSR count). The molecule has 0 aromatic rings. The number of fused-ring (bicyclic) bond motifs is 1. The van der Waals surface area contributed by atoms with Crippen LogP contribution in [0.25, 0.3) is 0 Å². The van der Waals surface area contributed by atoms with Gasteiger partial charge in [-0.3, -0.25) is 4.79 Å². The monoisotopic (exact) mass is 169 g/mol. The molecule has 68 valence electrons. The number of carbonyl (C=O) groups is 1. The average Bonchev–Trinajstić information content (AvgIpc) is 2.04. The highest BCUT2D eigenvalue weighted by atomic mass is 16.3. The van der Waals surface area contributed by atoms with Crippen molar-refractivity contribution in [2.45, 2.75) is 44.2 Å². The molecule has 0 radical (unpaired) electrons. The van der Waals surface area contributed by atoms with E-state index in [1.807, 2.05) is 0 Å². The van der Waals surface area contributed by atoms with E-state index in [9.17, 15) is 9.90 Å². The Hall–Kier alpha value is -0.570. The third-order valence-corrected chi connectivity index (χ3v) is 3.08. The summed E-state index contributed by atoms with van der Waals surface area (Å²) in [4.78, 5) is 11.0. The standard InChI is InChI=1S/C9H15NO2/c11-8-3-1-2-7-6(8)4-5-9(12)10-7/h6-8,11H,1-5H2,(H,10,12)/t6-,7-,8?/m1/s1. The number of hydrogen-bond acceptors (Lipinski definition) is 2. The van der Waals surface area contributed by atoms with Gasteiger partial charge >= 0.3 is 0 Å². The van der Waals surface area contributed by atoms with Gasteiger partial charge in [-0.2, -0.15) is 0 Å². The first kappa shape index (κ1) is 8.05. The zero-order chi connectivity index (χ0) is 8.55. The summed E-state index contributed by atoms with van der Waals surface area (Å²) in [6.45, 7) is 0. The van der Waals surface area contributed by atoms with Crippen molar-refractivity contribution >= 4 is 5.91 Å². The smallest absolute Gasteiger partial charge is 0.220 e. The second kappa shape index (κ2) is 3.05. The number of aliphatic hydroxyl groups excluding tert-OH is 1. The topological polar surface area (TPSA) is 49.3 Å². The quantitative estimate of drug-likeness (QED) is 0.552. The Balaban J connectivity index is 2.04. The van der Waals surface area contributed by atoms with E-state index in [1.54, 1.807) is 0 Å². The molecule has 0 bridgehead atoms. The van der Waals surface area contributed by atoms with Crippen LogP contribution < -0.4 is 5.32 Å².